The number of fused-ring (bicyclic) bond motifs is 1. The summed E-state index contributed by atoms with van der Waals surface area (Å²) in [5.74, 6) is -0.499. The summed E-state index contributed by atoms with van der Waals surface area (Å²) in [6.07, 6.45) is 0. The molecule has 0 saturated heterocycles. The van der Waals surface area contributed by atoms with Gasteiger partial charge in [-0.15, -0.1) is 0 Å². The number of nitrogens with one attached hydrogen (secondary N) is 2. The molecular weight excluding hydrogens is 304 g/mol. The lowest BCUT2D eigenvalue weighted by atomic mass is 9.90. The number of aliphatic hydroxyl groups excluding tert-OH is 1. The molecule has 3 N–H and O–H groups in total. The summed E-state index contributed by atoms with van der Waals surface area (Å²) in [5.41, 5.74) is 2.92. The third-order valence-corrected chi connectivity index (χ3v) is 3.82. The van der Waals surface area contributed by atoms with Gasteiger partial charge in [-0.05, 0) is 24.6 Å². The number of carbonyl (C=O) groups excluding carboxylic acids is 2. The number of rotatable bonds is 5. The molecule has 2 aromatic rings. The topological polar surface area (TPSA) is 78.4 Å². The first-order valence-corrected chi connectivity index (χ1v) is 7.73. The highest BCUT2D eigenvalue weighted by Gasteiger charge is 2.32. The highest BCUT2D eigenvalue weighted by Crippen LogP contribution is 2.26. The number of allylic oxidation sites excluding steroid dienone is 2. The lowest BCUT2D eigenvalue weighted by Crippen LogP contribution is -2.34. The van der Waals surface area contributed by atoms with E-state index >= 15 is 0 Å². The minimum absolute atomic E-state index is 0.135. The Morgan fingerprint density at radius 2 is 1.58 bits per heavy atom. The lowest BCUT2D eigenvalue weighted by molar-refractivity contribution is 0.0968. The monoisotopic (exact) mass is 322 g/mol. The summed E-state index contributed by atoms with van der Waals surface area (Å²) >= 11 is 0. The zero-order valence-electron chi connectivity index (χ0n) is 13.3. The Morgan fingerprint density at radius 1 is 0.917 bits per heavy atom. The predicted molar refractivity (Wildman–Crippen MR) is 92.0 cm³/mol. The number of hydrogen-bond acceptors (Lipinski definition) is 5. The molecule has 0 amide bonds. The molecule has 1 aliphatic rings. The van der Waals surface area contributed by atoms with Crippen LogP contribution in [0.3, 0.4) is 0 Å². The van der Waals surface area contributed by atoms with Gasteiger partial charge in [0.1, 0.15) is 11.4 Å². The summed E-state index contributed by atoms with van der Waals surface area (Å²) in [6, 6.07) is 14.3. The molecule has 0 saturated carbocycles. The van der Waals surface area contributed by atoms with Gasteiger partial charge in [-0.1, -0.05) is 36.4 Å². The SMILES string of the molecule is Cc1cccc(NC2=C(NCCO)C(=O)c3ccccc3C2=O)c1. The van der Waals surface area contributed by atoms with Gasteiger partial charge < -0.3 is 15.7 Å². The zero-order chi connectivity index (χ0) is 17.1. The second-order valence-corrected chi connectivity index (χ2v) is 5.60. The van der Waals surface area contributed by atoms with E-state index in [1.54, 1.807) is 24.3 Å². The second kappa shape index (κ2) is 6.68. The molecule has 122 valence electrons. The normalized spacial score (nSPS) is 13.8. The summed E-state index contributed by atoms with van der Waals surface area (Å²) in [5, 5.41) is 15.0. The van der Waals surface area contributed by atoms with E-state index in [1.165, 1.54) is 0 Å². The molecule has 5 nitrogen and oxygen atoms in total. The van der Waals surface area contributed by atoms with E-state index in [-0.39, 0.29) is 36.1 Å². The van der Waals surface area contributed by atoms with Crippen molar-refractivity contribution in [2.75, 3.05) is 18.5 Å². The van der Waals surface area contributed by atoms with Crippen molar-refractivity contribution in [2.24, 2.45) is 0 Å². The fourth-order valence-electron chi connectivity index (χ4n) is 2.71. The maximum atomic E-state index is 12.9. The number of aryl methyl sites for hydroxylation is 1. The molecule has 0 bridgehead atoms. The number of benzene rings is 2. The Hall–Kier alpha value is -2.92. The van der Waals surface area contributed by atoms with E-state index in [1.807, 2.05) is 31.2 Å². The average Bonchev–Trinajstić information content (AvgIpc) is 2.59. The molecule has 1 aliphatic carbocycles. The van der Waals surface area contributed by atoms with E-state index in [0.29, 0.717) is 11.1 Å². The molecule has 0 spiro atoms. The van der Waals surface area contributed by atoms with E-state index < -0.39 is 0 Å². The first kappa shape index (κ1) is 16.0. The van der Waals surface area contributed by atoms with Gasteiger partial charge in [0.2, 0.25) is 11.6 Å². The molecule has 3 rings (SSSR count). The lowest BCUT2D eigenvalue weighted by Gasteiger charge is -2.22. The number of ketones is 2. The van der Waals surface area contributed by atoms with Crippen LogP contribution in [-0.4, -0.2) is 29.8 Å². The van der Waals surface area contributed by atoms with Crippen LogP contribution in [0.25, 0.3) is 0 Å². The van der Waals surface area contributed by atoms with Crippen molar-refractivity contribution in [3.8, 4) is 0 Å². The van der Waals surface area contributed by atoms with Crippen LogP contribution in [0.2, 0.25) is 0 Å². The van der Waals surface area contributed by atoms with Gasteiger partial charge in [0.15, 0.2) is 0 Å². The van der Waals surface area contributed by atoms with Crippen molar-refractivity contribution >= 4 is 17.3 Å². The van der Waals surface area contributed by atoms with Gasteiger partial charge in [-0.2, -0.15) is 0 Å². The van der Waals surface area contributed by atoms with Crippen LogP contribution < -0.4 is 10.6 Å². The average molecular weight is 322 g/mol. The summed E-state index contributed by atoms with van der Waals surface area (Å²) in [4.78, 5) is 25.6. The van der Waals surface area contributed by atoms with Gasteiger partial charge in [0, 0.05) is 23.4 Å². The van der Waals surface area contributed by atoms with Crippen LogP contribution in [0.4, 0.5) is 5.69 Å². The first-order chi connectivity index (χ1) is 11.6. The van der Waals surface area contributed by atoms with Crippen molar-refractivity contribution in [3.63, 3.8) is 0 Å². The van der Waals surface area contributed by atoms with E-state index in [0.717, 1.165) is 11.3 Å². The maximum Gasteiger partial charge on any atom is 0.212 e. The molecule has 0 atom stereocenters. The van der Waals surface area contributed by atoms with Crippen LogP contribution in [-0.2, 0) is 0 Å². The van der Waals surface area contributed by atoms with Crippen molar-refractivity contribution in [3.05, 3.63) is 76.6 Å². The number of carbonyl (C=O) groups is 2. The van der Waals surface area contributed by atoms with Crippen LogP contribution in [0, 0.1) is 6.92 Å². The number of Topliss-reactive ketones (excluding diaryl/α,β-unsaturated/α-hetero) is 2. The highest BCUT2D eigenvalue weighted by molar-refractivity contribution is 6.27. The van der Waals surface area contributed by atoms with Crippen molar-refractivity contribution in [2.45, 2.75) is 6.92 Å². The Morgan fingerprint density at radius 3 is 2.21 bits per heavy atom. The quantitative estimate of drug-likeness (QED) is 0.787. The van der Waals surface area contributed by atoms with Gasteiger partial charge >= 0.3 is 0 Å². The second-order valence-electron chi connectivity index (χ2n) is 5.60. The smallest absolute Gasteiger partial charge is 0.212 e. The van der Waals surface area contributed by atoms with E-state index in [4.69, 9.17) is 5.11 Å². The van der Waals surface area contributed by atoms with Gasteiger partial charge in [0.25, 0.3) is 0 Å². The Bertz CT molecular complexity index is 840. The van der Waals surface area contributed by atoms with Crippen LogP contribution in [0.1, 0.15) is 26.3 Å². The van der Waals surface area contributed by atoms with Crippen molar-refractivity contribution in [1.29, 1.82) is 0 Å². The van der Waals surface area contributed by atoms with E-state index in [2.05, 4.69) is 10.6 Å². The van der Waals surface area contributed by atoms with Crippen molar-refractivity contribution < 1.29 is 14.7 Å². The first-order valence-electron chi connectivity index (χ1n) is 7.73. The molecule has 0 radical (unpaired) electrons. The summed E-state index contributed by atoms with van der Waals surface area (Å²) < 4.78 is 0. The summed E-state index contributed by atoms with van der Waals surface area (Å²) in [7, 11) is 0. The minimum Gasteiger partial charge on any atom is -0.395 e. The largest absolute Gasteiger partial charge is 0.395 e. The number of hydrogen-bond donors (Lipinski definition) is 3. The molecule has 2 aromatic carbocycles. The maximum absolute atomic E-state index is 12.9. The molecule has 24 heavy (non-hydrogen) atoms. The molecule has 0 heterocycles. The van der Waals surface area contributed by atoms with E-state index in [9.17, 15) is 9.59 Å². The Labute approximate surface area is 140 Å². The summed E-state index contributed by atoms with van der Waals surface area (Å²) in [6.45, 7) is 2.01. The fourth-order valence-corrected chi connectivity index (χ4v) is 2.71. The fraction of sp³-hybridized carbons (Fsp3) is 0.158. The van der Waals surface area contributed by atoms with Gasteiger partial charge in [0.05, 0.1) is 6.61 Å². The molecule has 0 fully saturated rings. The van der Waals surface area contributed by atoms with Crippen LogP contribution in [0.5, 0.6) is 0 Å². The third kappa shape index (κ3) is 2.94. The van der Waals surface area contributed by atoms with Crippen molar-refractivity contribution in [1.82, 2.24) is 5.32 Å². The molecule has 0 unspecified atom stereocenters. The number of aliphatic hydroxyl groups is 1. The zero-order valence-corrected chi connectivity index (χ0v) is 13.3. The standard InChI is InChI=1S/C19H18N2O3/c1-12-5-4-6-13(11-12)21-17-16(20-9-10-22)18(23)14-7-2-3-8-15(14)19(17)24/h2-8,11,20-22H,9-10H2,1H3. The molecule has 0 aromatic heterocycles. The van der Waals surface area contributed by atoms with Gasteiger partial charge in [-0.25, -0.2) is 0 Å². The molecule has 5 heteroatoms. The Balaban J connectivity index is 2.06. The highest BCUT2D eigenvalue weighted by atomic mass is 16.3. The minimum atomic E-state index is -0.256. The third-order valence-electron chi connectivity index (χ3n) is 3.82. The number of anilines is 1. The van der Waals surface area contributed by atoms with Gasteiger partial charge in [-0.3, -0.25) is 9.59 Å². The van der Waals surface area contributed by atoms with Crippen LogP contribution >= 0.6 is 0 Å². The molecular formula is C19H18N2O3. The molecule has 0 aliphatic heterocycles. The van der Waals surface area contributed by atoms with Crippen LogP contribution in [0.15, 0.2) is 59.9 Å². The Kier molecular flexibility index (Phi) is 4.44. The predicted octanol–water partition coefficient (Wildman–Crippen LogP) is 2.28.